The van der Waals surface area contributed by atoms with E-state index in [-0.39, 0.29) is 0 Å². The molecule has 0 saturated heterocycles. The van der Waals surface area contributed by atoms with Gasteiger partial charge in [0.2, 0.25) is 0 Å². The van der Waals surface area contributed by atoms with Crippen LogP contribution >= 0.6 is 0 Å². The van der Waals surface area contributed by atoms with Gasteiger partial charge in [-0.2, -0.15) is 0 Å². The highest BCUT2D eigenvalue weighted by atomic mass is 15.1. The molecule has 0 aliphatic rings. The monoisotopic (exact) mass is 216 g/mol. The van der Waals surface area contributed by atoms with E-state index in [0.717, 1.165) is 25.2 Å². The molecule has 0 saturated carbocycles. The van der Waals surface area contributed by atoms with Gasteiger partial charge in [0.1, 0.15) is 5.82 Å². The molecule has 0 spiro atoms. The molecule has 2 heterocycles. The number of nitrogens with two attached hydrogens (primary N) is 1. The van der Waals surface area contributed by atoms with Crippen LogP contribution in [-0.4, -0.2) is 21.1 Å². The predicted octanol–water partition coefficient (Wildman–Crippen LogP) is 1.22. The molecule has 0 atom stereocenters. The minimum atomic E-state index is 0.713. The Bertz CT molecular complexity index is 422. The molecule has 2 rings (SSSR count). The minimum absolute atomic E-state index is 0.713. The first-order chi connectivity index (χ1) is 7.90. The number of nitrogens with zero attached hydrogens (tertiary/aromatic N) is 3. The summed E-state index contributed by atoms with van der Waals surface area (Å²) in [5, 5.41) is 0. The normalized spacial score (nSPS) is 10.6. The summed E-state index contributed by atoms with van der Waals surface area (Å²) < 4.78 is 2.15. The van der Waals surface area contributed by atoms with E-state index in [1.165, 1.54) is 5.56 Å². The van der Waals surface area contributed by atoms with Crippen molar-refractivity contribution in [2.45, 2.75) is 19.4 Å². The summed E-state index contributed by atoms with van der Waals surface area (Å²) in [4.78, 5) is 8.46. The lowest BCUT2D eigenvalue weighted by Gasteiger charge is -2.06. The minimum Gasteiger partial charge on any atom is -0.335 e. The SMILES string of the molecule is NCCCn1ccnc1Cc1cccnc1. The topological polar surface area (TPSA) is 56.7 Å². The Balaban J connectivity index is 2.07. The average Bonchev–Trinajstić information content (AvgIpc) is 2.75. The first kappa shape index (κ1) is 10.8. The number of hydrogen-bond donors (Lipinski definition) is 1. The van der Waals surface area contributed by atoms with Gasteiger partial charge in [-0.15, -0.1) is 0 Å². The Hall–Kier alpha value is -1.68. The molecule has 0 bridgehead atoms. The molecular formula is C12H16N4. The smallest absolute Gasteiger partial charge is 0.113 e. The summed E-state index contributed by atoms with van der Waals surface area (Å²) in [6.45, 7) is 1.65. The lowest BCUT2D eigenvalue weighted by molar-refractivity contribution is 0.624. The van der Waals surface area contributed by atoms with Crippen LogP contribution in [0.3, 0.4) is 0 Å². The van der Waals surface area contributed by atoms with Crippen LogP contribution in [0.15, 0.2) is 36.9 Å². The van der Waals surface area contributed by atoms with E-state index in [0.29, 0.717) is 6.54 Å². The van der Waals surface area contributed by atoms with Gasteiger partial charge in [0.15, 0.2) is 0 Å². The fourth-order valence-electron chi connectivity index (χ4n) is 1.66. The number of imidazole rings is 1. The molecule has 0 aliphatic heterocycles. The van der Waals surface area contributed by atoms with Gasteiger partial charge in [-0.1, -0.05) is 6.07 Å². The molecule has 0 aromatic carbocycles. The number of aromatic nitrogens is 3. The lowest BCUT2D eigenvalue weighted by Crippen LogP contribution is -2.08. The van der Waals surface area contributed by atoms with Gasteiger partial charge in [0.05, 0.1) is 0 Å². The highest BCUT2D eigenvalue weighted by Gasteiger charge is 2.03. The van der Waals surface area contributed by atoms with E-state index in [4.69, 9.17) is 5.73 Å². The first-order valence-corrected chi connectivity index (χ1v) is 5.49. The maximum atomic E-state index is 5.50. The molecule has 0 aliphatic carbocycles. The van der Waals surface area contributed by atoms with Gasteiger partial charge in [0.25, 0.3) is 0 Å². The lowest BCUT2D eigenvalue weighted by atomic mass is 10.2. The molecule has 4 nitrogen and oxygen atoms in total. The zero-order chi connectivity index (χ0) is 11.2. The summed E-state index contributed by atoms with van der Waals surface area (Å²) in [5.41, 5.74) is 6.69. The Kier molecular flexibility index (Phi) is 3.66. The van der Waals surface area contributed by atoms with E-state index in [1.807, 2.05) is 24.7 Å². The molecule has 4 heteroatoms. The van der Waals surface area contributed by atoms with Crippen molar-refractivity contribution in [3.05, 3.63) is 48.3 Å². The average molecular weight is 216 g/mol. The Labute approximate surface area is 95.1 Å². The van der Waals surface area contributed by atoms with Crippen LogP contribution in [0, 0.1) is 0 Å². The summed E-state index contributed by atoms with van der Waals surface area (Å²) in [7, 11) is 0. The van der Waals surface area contributed by atoms with E-state index in [9.17, 15) is 0 Å². The van der Waals surface area contributed by atoms with Crippen LogP contribution in [0.25, 0.3) is 0 Å². The second-order valence-corrected chi connectivity index (χ2v) is 3.72. The second kappa shape index (κ2) is 5.42. The standard InChI is InChI=1S/C12H16N4/c13-4-2-7-16-8-6-15-12(16)9-11-3-1-5-14-10-11/h1,3,5-6,8,10H,2,4,7,9,13H2. The Morgan fingerprint density at radius 3 is 3.00 bits per heavy atom. The summed E-state index contributed by atoms with van der Waals surface area (Å²) >= 11 is 0. The van der Waals surface area contributed by atoms with Crippen molar-refractivity contribution in [1.29, 1.82) is 0 Å². The molecule has 16 heavy (non-hydrogen) atoms. The van der Waals surface area contributed by atoms with Crippen LogP contribution in [-0.2, 0) is 13.0 Å². The van der Waals surface area contributed by atoms with Gasteiger partial charge in [-0.25, -0.2) is 4.98 Å². The fraction of sp³-hybridized carbons (Fsp3) is 0.333. The second-order valence-electron chi connectivity index (χ2n) is 3.72. The third-order valence-electron chi connectivity index (χ3n) is 2.49. The van der Waals surface area contributed by atoms with E-state index >= 15 is 0 Å². The van der Waals surface area contributed by atoms with Crippen LogP contribution in [0.2, 0.25) is 0 Å². The third-order valence-corrected chi connectivity index (χ3v) is 2.49. The van der Waals surface area contributed by atoms with Gasteiger partial charge in [-0.05, 0) is 24.6 Å². The number of pyridine rings is 1. The molecule has 84 valence electrons. The van der Waals surface area contributed by atoms with E-state index < -0.39 is 0 Å². The molecule has 2 aromatic heterocycles. The molecule has 0 unspecified atom stereocenters. The predicted molar refractivity (Wildman–Crippen MR) is 62.9 cm³/mol. The molecule has 0 amide bonds. The molecule has 2 aromatic rings. The maximum absolute atomic E-state index is 5.50. The highest BCUT2D eigenvalue weighted by Crippen LogP contribution is 2.07. The largest absolute Gasteiger partial charge is 0.335 e. The van der Waals surface area contributed by atoms with Crippen LogP contribution in [0.4, 0.5) is 0 Å². The van der Waals surface area contributed by atoms with Crippen LogP contribution < -0.4 is 5.73 Å². The quantitative estimate of drug-likeness (QED) is 0.817. The zero-order valence-corrected chi connectivity index (χ0v) is 9.21. The highest BCUT2D eigenvalue weighted by molar-refractivity contribution is 5.14. The van der Waals surface area contributed by atoms with Crippen molar-refractivity contribution in [2.75, 3.05) is 6.54 Å². The van der Waals surface area contributed by atoms with Crippen molar-refractivity contribution in [3.63, 3.8) is 0 Å². The summed E-state index contributed by atoms with van der Waals surface area (Å²) in [5.74, 6) is 1.07. The van der Waals surface area contributed by atoms with Crippen molar-refractivity contribution < 1.29 is 0 Å². The number of rotatable bonds is 5. The molecule has 2 N–H and O–H groups in total. The van der Waals surface area contributed by atoms with E-state index in [1.54, 1.807) is 6.20 Å². The molecule has 0 radical (unpaired) electrons. The van der Waals surface area contributed by atoms with E-state index in [2.05, 4.69) is 20.6 Å². The zero-order valence-electron chi connectivity index (χ0n) is 9.21. The van der Waals surface area contributed by atoms with Crippen molar-refractivity contribution >= 4 is 0 Å². The molecule has 0 fully saturated rings. The maximum Gasteiger partial charge on any atom is 0.113 e. The van der Waals surface area contributed by atoms with Crippen molar-refractivity contribution in [3.8, 4) is 0 Å². The van der Waals surface area contributed by atoms with Gasteiger partial charge >= 0.3 is 0 Å². The number of hydrogen-bond acceptors (Lipinski definition) is 3. The van der Waals surface area contributed by atoms with Crippen LogP contribution in [0.1, 0.15) is 17.8 Å². The van der Waals surface area contributed by atoms with Gasteiger partial charge in [-0.3, -0.25) is 4.98 Å². The summed E-state index contributed by atoms with van der Waals surface area (Å²) in [6.07, 6.45) is 9.30. The summed E-state index contributed by atoms with van der Waals surface area (Å²) in [6, 6.07) is 4.01. The van der Waals surface area contributed by atoms with Gasteiger partial charge < -0.3 is 10.3 Å². The van der Waals surface area contributed by atoms with Crippen molar-refractivity contribution in [2.24, 2.45) is 5.73 Å². The Morgan fingerprint density at radius 2 is 2.25 bits per heavy atom. The van der Waals surface area contributed by atoms with Gasteiger partial charge in [0, 0.05) is 37.8 Å². The first-order valence-electron chi connectivity index (χ1n) is 5.49. The fourth-order valence-corrected chi connectivity index (χ4v) is 1.66. The van der Waals surface area contributed by atoms with Crippen molar-refractivity contribution in [1.82, 2.24) is 14.5 Å². The molecular weight excluding hydrogens is 200 g/mol. The number of aryl methyl sites for hydroxylation is 1. The Morgan fingerprint density at radius 1 is 1.31 bits per heavy atom. The third kappa shape index (κ3) is 2.67. The van der Waals surface area contributed by atoms with Crippen LogP contribution in [0.5, 0.6) is 0 Å².